The van der Waals surface area contributed by atoms with Crippen molar-refractivity contribution in [3.8, 4) is 17.5 Å². The third kappa shape index (κ3) is 3.38. The monoisotopic (exact) mass is 463 g/mol. The van der Waals surface area contributed by atoms with Crippen LogP contribution in [-0.2, 0) is 0 Å². The highest BCUT2D eigenvalue weighted by Crippen LogP contribution is 2.42. The van der Waals surface area contributed by atoms with Crippen LogP contribution in [0.25, 0.3) is 16.5 Å². The number of piperazine rings is 1. The number of aromatic nitrogens is 3. The van der Waals surface area contributed by atoms with Gasteiger partial charge in [-0.1, -0.05) is 35.6 Å². The van der Waals surface area contributed by atoms with Gasteiger partial charge in [0.25, 0.3) is 0 Å². The van der Waals surface area contributed by atoms with Crippen molar-refractivity contribution in [3.05, 3.63) is 76.0 Å². The van der Waals surface area contributed by atoms with Crippen molar-refractivity contribution in [2.45, 2.75) is 6.04 Å². The van der Waals surface area contributed by atoms with Crippen LogP contribution >= 0.6 is 22.7 Å². The van der Waals surface area contributed by atoms with E-state index in [0.717, 1.165) is 31.1 Å². The predicted octanol–water partition coefficient (Wildman–Crippen LogP) is 4.73. The smallest absolute Gasteiger partial charge is 0.230 e. The molecule has 1 fully saturated rings. The minimum absolute atomic E-state index is 0.0199. The third-order valence-electron chi connectivity index (χ3n) is 5.80. The van der Waals surface area contributed by atoms with E-state index < -0.39 is 0 Å². The van der Waals surface area contributed by atoms with Crippen molar-refractivity contribution in [1.82, 2.24) is 19.5 Å². The second kappa shape index (κ2) is 8.09. The van der Waals surface area contributed by atoms with Crippen LogP contribution in [0.2, 0.25) is 0 Å². The average Bonchev–Trinajstić information content (AvgIpc) is 3.63. The zero-order valence-electron chi connectivity index (χ0n) is 17.2. The number of rotatable bonds is 5. The molecule has 0 spiro atoms. The molecule has 32 heavy (non-hydrogen) atoms. The van der Waals surface area contributed by atoms with Gasteiger partial charge in [0, 0.05) is 36.7 Å². The molecule has 9 heteroatoms. The zero-order valence-corrected chi connectivity index (χ0v) is 18.8. The Morgan fingerprint density at radius 3 is 2.50 bits per heavy atom. The van der Waals surface area contributed by atoms with Crippen LogP contribution in [0.4, 0.5) is 5.69 Å². The minimum atomic E-state index is -0.0199. The largest absolute Gasteiger partial charge is 0.492 e. The van der Waals surface area contributed by atoms with Crippen molar-refractivity contribution in [2.24, 2.45) is 0 Å². The minimum Gasteiger partial charge on any atom is -0.492 e. The number of furan rings is 1. The third-order valence-corrected chi connectivity index (χ3v) is 7.80. The molecule has 0 radical (unpaired) electrons. The SMILES string of the molecule is Oc1c(C(c2cccs2)N2CCN(c3ccccc3)CC2)sc2nc(-c3ccco3)nn12. The van der Waals surface area contributed by atoms with Crippen LogP contribution in [0.1, 0.15) is 15.8 Å². The number of thiazole rings is 1. The summed E-state index contributed by atoms with van der Waals surface area (Å²) in [6, 6.07) is 18.3. The lowest BCUT2D eigenvalue weighted by Crippen LogP contribution is -2.47. The number of anilines is 1. The summed E-state index contributed by atoms with van der Waals surface area (Å²) in [6.07, 6.45) is 1.59. The molecule has 5 heterocycles. The Labute approximate surface area is 192 Å². The molecule has 1 atom stereocenters. The van der Waals surface area contributed by atoms with Gasteiger partial charge in [0.15, 0.2) is 5.76 Å². The maximum atomic E-state index is 11.1. The van der Waals surface area contributed by atoms with Crippen LogP contribution in [0.3, 0.4) is 0 Å². The molecule has 0 bridgehead atoms. The Morgan fingerprint density at radius 2 is 1.81 bits per heavy atom. The number of fused-ring (bicyclic) bond motifs is 1. The van der Waals surface area contributed by atoms with Crippen LogP contribution in [0.15, 0.2) is 70.7 Å². The molecule has 0 saturated carbocycles. The lowest BCUT2D eigenvalue weighted by Gasteiger charge is -2.39. The first-order valence-corrected chi connectivity index (χ1v) is 12.2. The molecule has 0 aliphatic carbocycles. The Kier molecular flexibility index (Phi) is 4.94. The molecular weight excluding hydrogens is 442 g/mol. The Balaban J connectivity index is 1.32. The highest BCUT2D eigenvalue weighted by molar-refractivity contribution is 7.17. The van der Waals surface area contributed by atoms with E-state index in [4.69, 9.17) is 4.42 Å². The number of hydrogen-bond acceptors (Lipinski definition) is 8. The molecule has 1 aromatic carbocycles. The maximum absolute atomic E-state index is 11.1. The molecule has 7 nitrogen and oxygen atoms in total. The summed E-state index contributed by atoms with van der Waals surface area (Å²) in [5.41, 5.74) is 1.26. The number of thiophene rings is 1. The van der Waals surface area contributed by atoms with E-state index in [0.29, 0.717) is 16.5 Å². The van der Waals surface area contributed by atoms with E-state index in [1.165, 1.54) is 26.4 Å². The molecule has 5 aromatic rings. The van der Waals surface area contributed by atoms with Crippen molar-refractivity contribution in [1.29, 1.82) is 0 Å². The molecule has 1 aliphatic heterocycles. The van der Waals surface area contributed by atoms with Crippen molar-refractivity contribution < 1.29 is 9.52 Å². The second-order valence-electron chi connectivity index (χ2n) is 7.67. The standard InChI is InChI=1S/C23H21N5O2S2/c29-22-20(32-23-24-21(25-28(22)23)17-8-4-14-30-17)19(18-9-5-15-31-18)27-12-10-26(11-13-27)16-6-2-1-3-7-16/h1-9,14-15,19,29H,10-13H2. The number of para-hydroxylation sites is 1. The molecule has 6 rings (SSSR count). The number of hydrogen-bond donors (Lipinski definition) is 1. The molecule has 162 valence electrons. The first-order valence-electron chi connectivity index (χ1n) is 10.5. The maximum Gasteiger partial charge on any atom is 0.230 e. The summed E-state index contributed by atoms with van der Waals surface area (Å²) in [5, 5.41) is 17.7. The lowest BCUT2D eigenvalue weighted by atomic mass is 10.1. The quantitative estimate of drug-likeness (QED) is 0.406. The summed E-state index contributed by atoms with van der Waals surface area (Å²) in [4.78, 5) is 12.2. The van der Waals surface area contributed by atoms with Gasteiger partial charge in [0.1, 0.15) is 0 Å². The van der Waals surface area contributed by atoms with E-state index >= 15 is 0 Å². The van der Waals surface area contributed by atoms with Crippen LogP contribution < -0.4 is 4.90 Å². The summed E-state index contributed by atoms with van der Waals surface area (Å²) in [6.45, 7) is 3.69. The fourth-order valence-electron chi connectivity index (χ4n) is 4.24. The Bertz CT molecular complexity index is 1300. The van der Waals surface area contributed by atoms with Crippen LogP contribution in [0, 0.1) is 0 Å². The van der Waals surface area contributed by atoms with Gasteiger partial charge in [-0.05, 0) is 35.7 Å². The molecule has 4 aromatic heterocycles. The zero-order chi connectivity index (χ0) is 21.5. The number of benzene rings is 1. The fourth-order valence-corrected chi connectivity index (χ4v) is 6.29. The van der Waals surface area contributed by atoms with Crippen LogP contribution in [-0.4, -0.2) is 50.8 Å². The van der Waals surface area contributed by atoms with E-state index in [1.54, 1.807) is 23.7 Å². The Morgan fingerprint density at radius 1 is 0.969 bits per heavy atom. The Hall–Kier alpha value is -3.14. The fraction of sp³-hybridized carbons (Fsp3) is 0.217. The normalized spacial score (nSPS) is 16.1. The first-order chi connectivity index (χ1) is 15.8. The molecule has 0 amide bonds. The molecular formula is C23H21N5O2S2. The highest BCUT2D eigenvalue weighted by atomic mass is 32.1. The number of nitrogens with zero attached hydrogens (tertiary/aromatic N) is 5. The van der Waals surface area contributed by atoms with Gasteiger partial charge in [-0.25, -0.2) is 0 Å². The molecule has 1 saturated heterocycles. The van der Waals surface area contributed by atoms with Gasteiger partial charge in [-0.3, -0.25) is 4.90 Å². The summed E-state index contributed by atoms with van der Waals surface area (Å²) < 4.78 is 6.94. The van der Waals surface area contributed by atoms with E-state index in [2.05, 4.69) is 61.7 Å². The van der Waals surface area contributed by atoms with Gasteiger partial charge in [-0.2, -0.15) is 9.50 Å². The molecule has 1 aliphatic rings. The molecule has 1 unspecified atom stereocenters. The molecule has 1 N–H and O–H groups in total. The van der Waals surface area contributed by atoms with Gasteiger partial charge >= 0.3 is 0 Å². The predicted molar refractivity (Wildman–Crippen MR) is 127 cm³/mol. The summed E-state index contributed by atoms with van der Waals surface area (Å²) >= 11 is 3.20. The summed E-state index contributed by atoms with van der Waals surface area (Å²) in [5.74, 6) is 1.22. The van der Waals surface area contributed by atoms with Crippen molar-refractivity contribution in [2.75, 3.05) is 31.1 Å². The average molecular weight is 464 g/mol. The van der Waals surface area contributed by atoms with Crippen molar-refractivity contribution >= 4 is 33.3 Å². The first kappa shape index (κ1) is 19.5. The van der Waals surface area contributed by atoms with Crippen molar-refractivity contribution in [3.63, 3.8) is 0 Å². The summed E-state index contributed by atoms with van der Waals surface area (Å²) in [7, 11) is 0. The van der Waals surface area contributed by atoms with Gasteiger partial charge < -0.3 is 14.4 Å². The number of aromatic hydroxyl groups is 1. The van der Waals surface area contributed by atoms with Crippen LogP contribution in [0.5, 0.6) is 5.88 Å². The highest BCUT2D eigenvalue weighted by Gasteiger charge is 2.32. The van der Waals surface area contributed by atoms with E-state index in [-0.39, 0.29) is 11.9 Å². The van der Waals surface area contributed by atoms with E-state index in [1.807, 2.05) is 12.1 Å². The van der Waals surface area contributed by atoms with Gasteiger partial charge in [-0.15, -0.1) is 16.4 Å². The van der Waals surface area contributed by atoms with Gasteiger partial charge in [0.2, 0.25) is 16.7 Å². The lowest BCUT2D eigenvalue weighted by molar-refractivity contribution is 0.213. The van der Waals surface area contributed by atoms with E-state index in [9.17, 15) is 5.11 Å². The topological polar surface area (TPSA) is 70.0 Å². The second-order valence-corrected chi connectivity index (χ2v) is 9.66. The van der Waals surface area contributed by atoms with Gasteiger partial charge in [0.05, 0.1) is 17.2 Å².